The molecule has 1 atom stereocenters. The summed E-state index contributed by atoms with van der Waals surface area (Å²) in [6.07, 6.45) is 18.9. The number of hydrogen-bond donors (Lipinski definition) is 1. The highest BCUT2D eigenvalue weighted by atomic mass is 15.0. The minimum Gasteiger partial charge on any atom is -0.309 e. The van der Waals surface area contributed by atoms with Gasteiger partial charge in [0.1, 0.15) is 6.04 Å². The summed E-state index contributed by atoms with van der Waals surface area (Å²) < 4.78 is 0. The zero-order chi connectivity index (χ0) is 34.8. The number of rotatable bonds is 7. The number of nitrogens with one attached hydrogen (secondary N) is 1. The molecule has 1 N–H and O–H groups in total. The van der Waals surface area contributed by atoms with Crippen molar-refractivity contribution in [2.24, 2.45) is 4.99 Å². The summed E-state index contributed by atoms with van der Waals surface area (Å²) in [6, 6.07) is 51.7. The van der Waals surface area contributed by atoms with Crippen LogP contribution in [0.4, 0.5) is 0 Å². The molecule has 0 aromatic heterocycles. The summed E-state index contributed by atoms with van der Waals surface area (Å²) in [7, 11) is 0. The Morgan fingerprint density at radius 3 is 2.08 bits per heavy atom. The number of allylic oxidation sites excluding steroid dienone is 9. The van der Waals surface area contributed by atoms with Crippen LogP contribution < -0.4 is 0 Å². The Morgan fingerprint density at radius 1 is 0.608 bits per heavy atom. The second kappa shape index (κ2) is 15.9. The number of aliphatic imine (C=N–C) groups is 1. The Bertz CT molecular complexity index is 2330. The molecular weight excluding hydrogens is 617 g/mol. The average molecular weight is 657 g/mol. The van der Waals surface area contributed by atoms with E-state index in [1.807, 2.05) is 18.2 Å². The van der Waals surface area contributed by atoms with E-state index in [-0.39, 0.29) is 6.04 Å². The SMILES string of the molecule is Cc1cc(/C=C2C=CC(C=CC=N)=CC\C=C/2)cc(-c2ccc3ccccc3c2)c1.c1ccc(-c2ccc(C3=NC3c3ccccc3)cc2)cc1. The molecule has 6 aromatic rings. The highest BCUT2D eigenvalue weighted by molar-refractivity contribution is 6.13. The second-order valence-electron chi connectivity index (χ2n) is 12.8. The quantitative estimate of drug-likeness (QED) is 0.166. The van der Waals surface area contributed by atoms with E-state index in [0.29, 0.717) is 0 Å². The van der Waals surface area contributed by atoms with Crippen LogP contribution in [0.1, 0.15) is 34.7 Å². The zero-order valence-electron chi connectivity index (χ0n) is 28.8. The van der Waals surface area contributed by atoms with Gasteiger partial charge in [-0.3, -0.25) is 4.99 Å². The summed E-state index contributed by atoms with van der Waals surface area (Å²) in [4.78, 5) is 4.61. The summed E-state index contributed by atoms with van der Waals surface area (Å²) in [6.45, 7) is 2.15. The Hall–Kier alpha value is -6.38. The van der Waals surface area contributed by atoms with Crippen molar-refractivity contribution in [2.75, 3.05) is 0 Å². The number of fused-ring (bicyclic) bond motifs is 1. The molecular formula is C49H40N2. The molecule has 0 saturated heterocycles. The first-order valence-electron chi connectivity index (χ1n) is 17.5. The predicted octanol–water partition coefficient (Wildman–Crippen LogP) is 12.7. The van der Waals surface area contributed by atoms with Crippen LogP contribution in [0.3, 0.4) is 0 Å². The Morgan fingerprint density at radius 2 is 1.29 bits per heavy atom. The average Bonchev–Trinajstić information content (AvgIpc) is 3.98. The van der Waals surface area contributed by atoms with E-state index in [2.05, 4.69) is 182 Å². The van der Waals surface area contributed by atoms with Crippen molar-refractivity contribution in [2.45, 2.75) is 19.4 Å². The van der Waals surface area contributed by atoms with Gasteiger partial charge in [0.25, 0.3) is 0 Å². The molecule has 1 aliphatic carbocycles. The number of aryl methyl sites for hydroxylation is 1. The molecule has 0 amide bonds. The maximum Gasteiger partial charge on any atom is 0.118 e. The molecule has 6 aromatic carbocycles. The molecule has 1 heterocycles. The van der Waals surface area contributed by atoms with E-state index < -0.39 is 0 Å². The molecule has 0 bridgehead atoms. The van der Waals surface area contributed by atoms with Crippen LogP contribution in [-0.2, 0) is 0 Å². The third-order valence-electron chi connectivity index (χ3n) is 9.03. The lowest BCUT2D eigenvalue weighted by atomic mass is 9.96. The van der Waals surface area contributed by atoms with E-state index in [9.17, 15) is 0 Å². The molecule has 51 heavy (non-hydrogen) atoms. The van der Waals surface area contributed by atoms with Crippen LogP contribution in [-0.4, -0.2) is 11.9 Å². The van der Waals surface area contributed by atoms with Gasteiger partial charge in [-0.15, -0.1) is 0 Å². The van der Waals surface area contributed by atoms with Crippen LogP contribution >= 0.6 is 0 Å². The van der Waals surface area contributed by atoms with Gasteiger partial charge in [0.05, 0.1) is 5.71 Å². The molecule has 8 rings (SSSR count). The van der Waals surface area contributed by atoms with E-state index in [4.69, 9.17) is 5.41 Å². The molecule has 2 aliphatic rings. The first-order valence-corrected chi connectivity index (χ1v) is 17.5. The van der Waals surface area contributed by atoms with Gasteiger partial charge < -0.3 is 5.41 Å². The van der Waals surface area contributed by atoms with Crippen LogP contribution in [0.5, 0.6) is 0 Å². The lowest BCUT2D eigenvalue weighted by molar-refractivity contribution is 1.13. The normalized spacial score (nSPS) is 16.4. The highest BCUT2D eigenvalue weighted by Gasteiger charge is 2.30. The topological polar surface area (TPSA) is 36.2 Å². The van der Waals surface area contributed by atoms with Crippen LogP contribution in [0.2, 0.25) is 0 Å². The van der Waals surface area contributed by atoms with Gasteiger partial charge in [-0.05, 0) is 104 Å². The molecule has 0 saturated carbocycles. The summed E-state index contributed by atoms with van der Waals surface area (Å²) in [5.74, 6) is 0. The second-order valence-corrected chi connectivity index (χ2v) is 12.8. The fraction of sp³-hybridized carbons (Fsp3) is 0.0612. The monoisotopic (exact) mass is 656 g/mol. The van der Waals surface area contributed by atoms with Gasteiger partial charge in [0.15, 0.2) is 0 Å². The van der Waals surface area contributed by atoms with Gasteiger partial charge in [-0.1, -0.05) is 170 Å². The van der Waals surface area contributed by atoms with Crippen LogP contribution in [0, 0.1) is 12.3 Å². The third kappa shape index (κ3) is 8.62. The van der Waals surface area contributed by atoms with Gasteiger partial charge in [0.2, 0.25) is 0 Å². The molecule has 1 unspecified atom stereocenters. The number of hydrogen-bond acceptors (Lipinski definition) is 2. The first-order chi connectivity index (χ1) is 25.1. The minimum absolute atomic E-state index is 0.258. The fourth-order valence-electron chi connectivity index (χ4n) is 6.39. The fourth-order valence-corrected chi connectivity index (χ4v) is 6.39. The number of nitrogens with zero attached hydrogens (tertiary/aromatic N) is 1. The summed E-state index contributed by atoms with van der Waals surface area (Å²) >= 11 is 0. The van der Waals surface area contributed by atoms with Gasteiger partial charge in [0, 0.05) is 6.21 Å². The van der Waals surface area contributed by atoms with Gasteiger partial charge in [-0.25, -0.2) is 0 Å². The molecule has 1 aliphatic heterocycles. The minimum atomic E-state index is 0.258. The third-order valence-corrected chi connectivity index (χ3v) is 9.03. The lowest BCUT2D eigenvalue weighted by Gasteiger charge is -2.08. The van der Waals surface area contributed by atoms with Crippen molar-refractivity contribution < 1.29 is 0 Å². The lowest BCUT2D eigenvalue weighted by Crippen LogP contribution is -1.93. The number of benzene rings is 6. The van der Waals surface area contributed by atoms with Crippen molar-refractivity contribution in [3.8, 4) is 22.3 Å². The van der Waals surface area contributed by atoms with Crippen molar-refractivity contribution in [1.29, 1.82) is 5.41 Å². The highest BCUT2D eigenvalue weighted by Crippen LogP contribution is 2.35. The van der Waals surface area contributed by atoms with Gasteiger partial charge >= 0.3 is 0 Å². The van der Waals surface area contributed by atoms with Crippen molar-refractivity contribution >= 4 is 28.8 Å². The smallest absolute Gasteiger partial charge is 0.118 e. The Labute approximate surface area is 301 Å². The predicted molar refractivity (Wildman–Crippen MR) is 219 cm³/mol. The van der Waals surface area contributed by atoms with E-state index in [1.165, 1.54) is 72.8 Å². The molecule has 0 radical (unpaired) electrons. The zero-order valence-corrected chi connectivity index (χ0v) is 28.8. The van der Waals surface area contributed by atoms with E-state index in [0.717, 1.165) is 12.0 Å². The molecule has 246 valence electrons. The van der Waals surface area contributed by atoms with Crippen molar-refractivity contribution in [3.63, 3.8) is 0 Å². The first kappa shape index (κ1) is 33.1. The van der Waals surface area contributed by atoms with E-state index in [1.54, 1.807) is 6.08 Å². The maximum absolute atomic E-state index is 7.17. The van der Waals surface area contributed by atoms with Crippen LogP contribution in [0.15, 0.2) is 204 Å². The van der Waals surface area contributed by atoms with Crippen molar-refractivity contribution in [3.05, 3.63) is 222 Å². The molecule has 2 heteroatoms. The van der Waals surface area contributed by atoms with E-state index >= 15 is 0 Å². The standard InChI is InChI=1S/C29H25N.C20H15N/c1-22-17-25(19-24-8-3-2-7-23(12-13-24)9-6-16-30)20-29(18-22)28-15-14-26-10-4-5-11-27(26)21-28;1-3-7-15(8-4-1)16-11-13-18(14-12-16)20-19(21-20)17-9-5-2-6-10-17/h3-21,30H,2H2,1H3;1-14,19H/b8-3-,9-6?,13-12?,23-7?,24-19+,30-16?;. The van der Waals surface area contributed by atoms with Crippen molar-refractivity contribution in [1.82, 2.24) is 0 Å². The Kier molecular flexibility index (Phi) is 10.3. The Balaban J connectivity index is 0.000000169. The van der Waals surface area contributed by atoms with Crippen LogP contribution in [0.25, 0.3) is 39.1 Å². The summed E-state index contributed by atoms with van der Waals surface area (Å²) in [5, 5.41) is 9.70. The molecule has 0 spiro atoms. The molecule has 0 fully saturated rings. The largest absolute Gasteiger partial charge is 0.309 e. The van der Waals surface area contributed by atoms with Gasteiger partial charge in [-0.2, -0.15) is 0 Å². The summed E-state index contributed by atoms with van der Waals surface area (Å²) in [5.41, 5.74) is 13.4. The maximum atomic E-state index is 7.17. The molecule has 2 nitrogen and oxygen atoms in total.